The second kappa shape index (κ2) is 2.67. The Morgan fingerprint density at radius 2 is 2.18 bits per heavy atom. The zero-order chi connectivity index (χ0) is 7.68. The largest absolute Gasteiger partial charge is 0.373 e. The highest BCUT2D eigenvalue weighted by Crippen LogP contribution is 2.20. The molecule has 0 fully saturated rings. The molecule has 1 heterocycles. The SMILES string of the molecule is CC1[CH]c2ccccc2CO1. The molecule has 0 aromatic heterocycles. The van der Waals surface area contributed by atoms with Gasteiger partial charge in [-0.3, -0.25) is 0 Å². The van der Waals surface area contributed by atoms with Crippen molar-refractivity contribution in [3.63, 3.8) is 0 Å². The van der Waals surface area contributed by atoms with Crippen molar-refractivity contribution in [1.82, 2.24) is 0 Å². The molecule has 1 aliphatic heterocycles. The average Bonchev–Trinajstić information content (AvgIpc) is 2.04. The van der Waals surface area contributed by atoms with Crippen LogP contribution in [0.15, 0.2) is 24.3 Å². The third-order valence-electron chi connectivity index (χ3n) is 1.97. The van der Waals surface area contributed by atoms with Gasteiger partial charge >= 0.3 is 0 Å². The number of fused-ring (bicyclic) bond motifs is 1. The molecule has 11 heavy (non-hydrogen) atoms. The van der Waals surface area contributed by atoms with Gasteiger partial charge in [0.15, 0.2) is 0 Å². The second-order valence-electron chi connectivity index (χ2n) is 2.88. The third-order valence-corrected chi connectivity index (χ3v) is 1.97. The van der Waals surface area contributed by atoms with Gasteiger partial charge in [-0.05, 0) is 18.1 Å². The summed E-state index contributed by atoms with van der Waals surface area (Å²) >= 11 is 0. The van der Waals surface area contributed by atoms with E-state index in [0.29, 0.717) is 0 Å². The maximum atomic E-state index is 5.45. The molecular weight excluding hydrogens is 136 g/mol. The van der Waals surface area contributed by atoms with E-state index in [1.807, 2.05) is 6.07 Å². The van der Waals surface area contributed by atoms with Gasteiger partial charge in [0.05, 0.1) is 12.7 Å². The normalized spacial score (nSPS) is 22.8. The van der Waals surface area contributed by atoms with E-state index >= 15 is 0 Å². The maximum Gasteiger partial charge on any atom is 0.0723 e. The number of hydrogen-bond donors (Lipinski definition) is 0. The highest BCUT2D eigenvalue weighted by molar-refractivity contribution is 5.34. The number of hydrogen-bond acceptors (Lipinski definition) is 1. The molecule has 0 saturated heterocycles. The highest BCUT2D eigenvalue weighted by atomic mass is 16.5. The van der Waals surface area contributed by atoms with Gasteiger partial charge < -0.3 is 4.74 Å². The van der Waals surface area contributed by atoms with Crippen molar-refractivity contribution in [3.8, 4) is 0 Å². The lowest BCUT2D eigenvalue weighted by molar-refractivity contribution is 0.0665. The van der Waals surface area contributed by atoms with Gasteiger partial charge in [0.25, 0.3) is 0 Å². The average molecular weight is 147 g/mol. The molecule has 1 aromatic rings. The molecule has 1 aliphatic rings. The molecule has 0 bridgehead atoms. The van der Waals surface area contributed by atoms with Gasteiger partial charge in [-0.2, -0.15) is 0 Å². The molecule has 1 aromatic carbocycles. The first-order valence-corrected chi connectivity index (χ1v) is 3.90. The van der Waals surface area contributed by atoms with Crippen LogP contribution in [0.3, 0.4) is 0 Å². The fourth-order valence-corrected chi connectivity index (χ4v) is 1.35. The molecular formula is C10H11O. The van der Waals surface area contributed by atoms with Crippen LogP contribution in [0, 0.1) is 6.42 Å². The van der Waals surface area contributed by atoms with Crippen molar-refractivity contribution in [2.75, 3.05) is 0 Å². The highest BCUT2D eigenvalue weighted by Gasteiger charge is 2.13. The van der Waals surface area contributed by atoms with Gasteiger partial charge in [0, 0.05) is 6.42 Å². The lowest BCUT2D eigenvalue weighted by Crippen LogP contribution is -2.16. The van der Waals surface area contributed by atoms with Crippen LogP contribution < -0.4 is 0 Å². The van der Waals surface area contributed by atoms with Gasteiger partial charge in [0.1, 0.15) is 0 Å². The minimum atomic E-state index is 0.268. The predicted molar refractivity (Wildman–Crippen MR) is 44.1 cm³/mol. The number of benzene rings is 1. The summed E-state index contributed by atoms with van der Waals surface area (Å²) in [7, 11) is 0. The minimum absolute atomic E-state index is 0.268. The summed E-state index contributed by atoms with van der Waals surface area (Å²) < 4.78 is 5.45. The molecule has 0 spiro atoms. The quantitative estimate of drug-likeness (QED) is 0.546. The van der Waals surface area contributed by atoms with E-state index in [9.17, 15) is 0 Å². The molecule has 0 amide bonds. The molecule has 0 aliphatic carbocycles. The van der Waals surface area contributed by atoms with E-state index in [0.717, 1.165) is 6.61 Å². The summed E-state index contributed by atoms with van der Waals surface area (Å²) in [6.07, 6.45) is 2.42. The van der Waals surface area contributed by atoms with Gasteiger partial charge in [-0.25, -0.2) is 0 Å². The van der Waals surface area contributed by atoms with Crippen molar-refractivity contribution >= 4 is 0 Å². The van der Waals surface area contributed by atoms with Crippen LogP contribution in [0.5, 0.6) is 0 Å². The molecule has 57 valence electrons. The molecule has 1 radical (unpaired) electrons. The Labute approximate surface area is 67.0 Å². The van der Waals surface area contributed by atoms with E-state index in [4.69, 9.17) is 4.74 Å². The summed E-state index contributed by atoms with van der Waals surface area (Å²) in [5, 5.41) is 0. The first kappa shape index (κ1) is 6.86. The van der Waals surface area contributed by atoms with Crippen LogP contribution in [0.2, 0.25) is 0 Å². The maximum absolute atomic E-state index is 5.45. The van der Waals surface area contributed by atoms with Crippen molar-refractivity contribution in [3.05, 3.63) is 41.8 Å². The van der Waals surface area contributed by atoms with Gasteiger partial charge in [0.2, 0.25) is 0 Å². The fourth-order valence-electron chi connectivity index (χ4n) is 1.35. The summed E-state index contributed by atoms with van der Waals surface area (Å²) in [4.78, 5) is 0. The first-order chi connectivity index (χ1) is 5.36. The predicted octanol–water partition coefficient (Wildman–Crippen LogP) is 2.16. The summed E-state index contributed by atoms with van der Waals surface area (Å²) in [5.41, 5.74) is 2.62. The Hall–Kier alpha value is -0.820. The topological polar surface area (TPSA) is 9.23 Å². The summed E-state index contributed by atoms with van der Waals surface area (Å²) in [6, 6.07) is 8.35. The molecule has 1 unspecified atom stereocenters. The van der Waals surface area contributed by atoms with E-state index < -0.39 is 0 Å². The van der Waals surface area contributed by atoms with E-state index in [1.54, 1.807) is 0 Å². The molecule has 2 rings (SSSR count). The fraction of sp³-hybridized carbons (Fsp3) is 0.300. The van der Waals surface area contributed by atoms with E-state index in [-0.39, 0.29) is 6.10 Å². The summed E-state index contributed by atoms with van der Waals surface area (Å²) in [5.74, 6) is 0. The van der Waals surface area contributed by atoms with Crippen LogP contribution >= 0.6 is 0 Å². The van der Waals surface area contributed by atoms with Crippen LogP contribution in [-0.2, 0) is 11.3 Å². The van der Waals surface area contributed by atoms with Crippen LogP contribution in [0.1, 0.15) is 18.1 Å². The Balaban J connectivity index is 2.34. The van der Waals surface area contributed by atoms with Crippen LogP contribution in [-0.4, -0.2) is 6.10 Å². The van der Waals surface area contributed by atoms with Gasteiger partial charge in [-0.1, -0.05) is 24.3 Å². The van der Waals surface area contributed by atoms with Crippen molar-refractivity contribution in [2.24, 2.45) is 0 Å². The molecule has 1 atom stereocenters. The zero-order valence-electron chi connectivity index (χ0n) is 6.58. The second-order valence-corrected chi connectivity index (χ2v) is 2.88. The first-order valence-electron chi connectivity index (χ1n) is 3.90. The Morgan fingerprint density at radius 3 is 3.09 bits per heavy atom. The van der Waals surface area contributed by atoms with E-state index in [2.05, 4.69) is 31.5 Å². The monoisotopic (exact) mass is 147 g/mol. The number of ether oxygens (including phenoxy) is 1. The van der Waals surface area contributed by atoms with E-state index in [1.165, 1.54) is 11.1 Å². The lowest BCUT2D eigenvalue weighted by atomic mass is 10.0. The Morgan fingerprint density at radius 1 is 1.36 bits per heavy atom. The molecule has 1 nitrogen and oxygen atoms in total. The van der Waals surface area contributed by atoms with Crippen molar-refractivity contribution in [2.45, 2.75) is 19.6 Å². The number of rotatable bonds is 0. The zero-order valence-corrected chi connectivity index (χ0v) is 6.58. The smallest absolute Gasteiger partial charge is 0.0723 e. The molecule has 0 saturated carbocycles. The van der Waals surface area contributed by atoms with Gasteiger partial charge in [-0.15, -0.1) is 0 Å². The standard InChI is InChI=1S/C10H11O/c1-8-6-9-4-2-3-5-10(9)7-11-8/h2-6,8H,7H2,1H3. The Kier molecular flexibility index (Phi) is 1.66. The molecule has 1 heteroatoms. The van der Waals surface area contributed by atoms with Crippen LogP contribution in [0.4, 0.5) is 0 Å². The Bertz CT molecular complexity index is 255. The van der Waals surface area contributed by atoms with Crippen molar-refractivity contribution in [1.29, 1.82) is 0 Å². The van der Waals surface area contributed by atoms with Crippen molar-refractivity contribution < 1.29 is 4.74 Å². The third kappa shape index (κ3) is 1.29. The van der Waals surface area contributed by atoms with Crippen LogP contribution in [0.25, 0.3) is 0 Å². The lowest BCUT2D eigenvalue weighted by Gasteiger charge is -2.21. The minimum Gasteiger partial charge on any atom is -0.373 e. The summed E-state index contributed by atoms with van der Waals surface area (Å²) in [6.45, 7) is 2.82. The molecule has 0 N–H and O–H groups in total.